The zero-order chi connectivity index (χ0) is 14.0. The first kappa shape index (κ1) is 14.2. The summed E-state index contributed by atoms with van der Waals surface area (Å²) in [6, 6.07) is 8.34. The summed E-state index contributed by atoms with van der Waals surface area (Å²) in [5.74, 6) is -0.660. The van der Waals surface area contributed by atoms with E-state index in [4.69, 9.17) is 5.26 Å². The third-order valence-corrected chi connectivity index (χ3v) is 4.81. The molecule has 1 N–H and O–H groups in total. The van der Waals surface area contributed by atoms with Crippen LogP contribution in [-0.2, 0) is 14.6 Å². The predicted octanol–water partition coefficient (Wildman–Crippen LogP) is 1.32. The van der Waals surface area contributed by atoms with E-state index in [1.807, 2.05) is 6.07 Å². The number of hydrogen-bond acceptors (Lipinski definition) is 4. The van der Waals surface area contributed by atoms with Gasteiger partial charge in [0, 0.05) is 6.26 Å². The molecule has 0 bridgehead atoms. The van der Waals surface area contributed by atoms with Gasteiger partial charge >= 0.3 is 0 Å². The van der Waals surface area contributed by atoms with Crippen molar-refractivity contribution < 1.29 is 13.2 Å². The monoisotopic (exact) mass is 266 g/mol. The average molecular weight is 266 g/mol. The zero-order valence-corrected chi connectivity index (χ0v) is 11.2. The average Bonchev–Trinajstić information content (AvgIpc) is 2.28. The number of benzene rings is 1. The maximum absolute atomic E-state index is 11.9. The molecule has 0 aromatic heterocycles. The number of hydrogen-bond donors (Lipinski definition) is 1. The number of nitrogens with one attached hydrogen (secondary N) is 1. The van der Waals surface area contributed by atoms with E-state index in [0.717, 1.165) is 6.26 Å². The molecule has 0 saturated heterocycles. The molecule has 0 atom stereocenters. The van der Waals surface area contributed by atoms with Crippen LogP contribution in [0.25, 0.3) is 0 Å². The molecular weight excluding hydrogens is 252 g/mol. The second-order valence-corrected chi connectivity index (χ2v) is 6.96. The van der Waals surface area contributed by atoms with Gasteiger partial charge in [-0.15, -0.1) is 0 Å². The first-order chi connectivity index (χ1) is 8.20. The lowest BCUT2D eigenvalue weighted by Crippen LogP contribution is -2.43. The van der Waals surface area contributed by atoms with Crippen LogP contribution in [0.3, 0.4) is 0 Å². The van der Waals surface area contributed by atoms with Crippen molar-refractivity contribution in [3.63, 3.8) is 0 Å². The highest BCUT2D eigenvalue weighted by molar-refractivity contribution is 7.92. The standard InChI is InChI=1S/C12H14N2O3S/c1-12(2,18(3,16)17)11(15)14-10-7-5-4-6-9(10)8-13/h4-7H,1-3H3,(H,14,15). The summed E-state index contributed by atoms with van der Waals surface area (Å²) in [5.41, 5.74) is 0.594. The highest BCUT2D eigenvalue weighted by atomic mass is 32.2. The van der Waals surface area contributed by atoms with Crippen LogP contribution in [-0.4, -0.2) is 25.3 Å². The number of anilines is 1. The summed E-state index contributed by atoms with van der Waals surface area (Å²) >= 11 is 0. The molecule has 1 amide bonds. The van der Waals surface area contributed by atoms with Crippen LogP contribution in [0.5, 0.6) is 0 Å². The Labute approximate surface area is 106 Å². The summed E-state index contributed by atoms with van der Waals surface area (Å²) in [5, 5.41) is 11.3. The van der Waals surface area contributed by atoms with Crippen molar-refractivity contribution in [1.82, 2.24) is 0 Å². The van der Waals surface area contributed by atoms with Crippen LogP contribution in [0.2, 0.25) is 0 Å². The molecule has 96 valence electrons. The molecule has 1 aromatic rings. The topological polar surface area (TPSA) is 87.0 Å². The van der Waals surface area contributed by atoms with E-state index in [0.29, 0.717) is 5.69 Å². The summed E-state index contributed by atoms with van der Waals surface area (Å²) in [4.78, 5) is 11.9. The Morgan fingerprint density at radius 1 is 1.33 bits per heavy atom. The van der Waals surface area contributed by atoms with Crippen LogP contribution in [0.4, 0.5) is 5.69 Å². The fraction of sp³-hybridized carbons (Fsp3) is 0.333. The molecule has 5 nitrogen and oxygen atoms in total. The van der Waals surface area contributed by atoms with Crippen molar-refractivity contribution >= 4 is 21.4 Å². The van der Waals surface area contributed by atoms with Gasteiger partial charge in [-0.05, 0) is 26.0 Å². The van der Waals surface area contributed by atoms with Crippen molar-refractivity contribution in [3.8, 4) is 6.07 Å². The maximum atomic E-state index is 11.9. The van der Waals surface area contributed by atoms with Crippen molar-refractivity contribution in [2.75, 3.05) is 11.6 Å². The zero-order valence-electron chi connectivity index (χ0n) is 10.4. The van der Waals surface area contributed by atoms with Crippen molar-refractivity contribution in [1.29, 1.82) is 5.26 Å². The quantitative estimate of drug-likeness (QED) is 0.893. The van der Waals surface area contributed by atoms with Crippen molar-refractivity contribution in [3.05, 3.63) is 29.8 Å². The van der Waals surface area contributed by atoms with Crippen molar-refractivity contribution in [2.45, 2.75) is 18.6 Å². The van der Waals surface area contributed by atoms with Gasteiger partial charge in [0.1, 0.15) is 10.8 Å². The first-order valence-electron chi connectivity index (χ1n) is 5.20. The molecular formula is C12H14N2O3S. The minimum Gasteiger partial charge on any atom is -0.324 e. The second kappa shape index (κ2) is 4.78. The van der Waals surface area contributed by atoms with Gasteiger partial charge in [-0.1, -0.05) is 12.1 Å². The Balaban J connectivity index is 3.07. The summed E-state index contributed by atoms with van der Waals surface area (Å²) in [7, 11) is -3.54. The second-order valence-electron chi connectivity index (χ2n) is 4.39. The van der Waals surface area contributed by atoms with Gasteiger partial charge in [-0.2, -0.15) is 5.26 Å². The molecule has 0 spiro atoms. The Morgan fingerprint density at radius 2 is 1.89 bits per heavy atom. The van der Waals surface area contributed by atoms with Crippen molar-refractivity contribution in [2.24, 2.45) is 0 Å². The molecule has 0 radical (unpaired) electrons. The van der Waals surface area contributed by atoms with Crippen LogP contribution in [0, 0.1) is 11.3 Å². The first-order valence-corrected chi connectivity index (χ1v) is 7.09. The van der Waals surface area contributed by atoms with Gasteiger partial charge in [0.05, 0.1) is 11.3 Å². The summed E-state index contributed by atoms with van der Waals surface area (Å²) in [6.45, 7) is 2.65. The van der Waals surface area contributed by atoms with E-state index in [1.54, 1.807) is 24.3 Å². The molecule has 1 aromatic carbocycles. The minimum atomic E-state index is -3.54. The predicted molar refractivity (Wildman–Crippen MR) is 68.7 cm³/mol. The molecule has 0 aliphatic rings. The van der Waals surface area contributed by atoms with E-state index >= 15 is 0 Å². The summed E-state index contributed by atoms with van der Waals surface area (Å²) in [6.07, 6.45) is 1.00. The number of rotatable bonds is 3. The number of carbonyl (C=O) groups is 1. The van der Waals surface area contributed by atoms with E-state index in [2.05, 4.69) is 5.32 Å². The Hall–Kier alpha value is -1.87. The van der Waals surface area contributed by atoms with Crippen LogP contribution >= 0.6 is 0 Å². The molecule has 0 heterocycles. The van der Waals surface area contributed by atoms with E-state index in [-0.39, 0.29) is 5.56 Å². The Kier molecular flexibility index (Phi) is 3.77. The number of amides is 1. The van der Waals surface area contributed by atoms with E-state index < -0.39 is 20.5 Å². The smallest absolute Gasteiger partial charge is 0.245 e. The minimum absolute atomic E-state index is 0.287. The molecule has 1 rings (SSSR count). The van der Waals surface area contributed by atoms with Gasteiger partial charge < -0.3 is 5.32 Å². The maximum Gasteiger partial charge on any atom is 0.245 e. The third-order valence-electron chi connectivity index (χ3n) is 2.77. The molecule has 18 heavy (non-hydrogen) atoms. The van der Waals surface area contributed by atoms with Gasteiger partial charge in [0.25, 0.3) is 0 Å². The Bertz CT molecular complexity index is 612. The highest BCUT2D eigenvalue weighted by Crippen LogP contribution is 2.20. The van der Waals surface area contributed by atoms with Crippen LogP contribution in [0.15, 0.2) is 24.3 Å². The van der Waals surface area contributed by atoms with Gasteiger partial charge in [0.15, 0.2) is 9.84 Å². The molecule has 0 saturated carbocycles. The SMILES string of the molecule is CC(C)(C(=O)Nc1ccccc1C#N)S(C)(=O)=O. The number of carbonyl (C=O) groups excluding carboxylic acids is 1. The lowest BCUT2D eigenvalue weighted by atomic mass is 10.1. The third kappa shape index (κ3) is 2.68. The van der Waals surface area contributed by atoms with Gasteiger partial charge in [-0.25, -0.2) is 8.42 Å². The summed E-state index contributed by atoms with van der Waals surface area (Å²) < 4.78 is 21.5. The molecule has 0 aliphatic heterocycles. The fourth-order valence-electron chi connectivity index (χ4n) is 1.13. The largest absolute Gasteiger partial charge is 0.324 e. The number of para-hydroxylation sites is 1. The number of sulfone groups is 1. The van der Waals surface area contributed by atoms with E-state index in [1.165, 1.54) is 13.8 Å². The van der Waals surface area contributed by atoms with Crippen LogP contribution in [0.1, 0.15) is 19.4 Å². The normalized spacial score (nSPS) is 11.7. The number of nitrogens with zero attached hydrogens (tertiary/aromatic N) is 1. The lowest BCUT2D eigenvalue weighted by molar-refractivity contribution is -0.117. The molecule has 6 heteroatoms. The molecule has 0 aliphatic carbocycles. The van der Waals surface area contributed by atoms with Gasteiger partial charge in [-0.3, -0.25) is 4.79 Å². The number of nitriles is 1. The van der Waals surface area contributed by atoms with Gasteiger partial charge in [0.2, 0.25) is 5.91 Å². The fourth-order valence-corrected chi connectivity index (χ4v) is 1.52. The lowest BCUT2D eigenvalue weighted by Gasteiger charge is -2.21. The molecule has 0 unspecified atom stereocenters. The van der Waals surface area contributed by atoms with E-state index in [9.17, 15) is 13.2 Å². The van der Waals surface area contributed by atoms with Crippen LogP contribution < -0.4 is 5.32 Å². The Morgan fingerprint density at radius 3 is 2.39 bits per heavy atom. The highest BCUT2D eigenvalue weighted by Gasteiger charge is 2.38. The molecule has 0 fully saturated rings.